The maximum absolute atomic E-state index is 12.4. The molecule has 2 N–H and O–H groups in total. The number of nitrogens with one attached hydrogen (secondary N) is 2. The summed E-state index contributed by atoms with van der Waals surface area (Å²) in [6, 6.07) is 24.7. The number of hydrogen-bond acceptors (Lipinski definition) is 5. The highest BCUT2D eigenvalue weighted by Crippen LogP contribution is 2.08. The molecule has 0 aromatic heterocycles. The molecular formula is C23H17ClN6O. The summed E-state index contributed by atoms with van der Waals surface area (Å²) < 4.78 is 0. The van der Waals surface area contributed by atoms with Gasteiger partial charge >= 0.3 is 0 Å². The van der Waals surface area contributed by atoms with E-state index in [9.17, 15) is 4.79 Å². The zero-order valence-corrected chi connectivity index (χ0v) is 17.0. The van der Waals surface area contributed by atoms with Crippen LogP contribution in [0, 0.1) is 11.3 Å². The normalized spacial score (nSPS) is 11.4. The van der Waals surface area contributed by atoms with E-state index in [-0.39, 0.29) is 11.9 Å². The van der Waals surface area contributed by atoms with E-state index in [4.69, 9.17) is 16.9 Å². The van der Waals surface area contributed by atoms with Crippen molar-refractivity contribution in [2.45, 2.75) is 0 Å². The van der Waals surface area contributed by atoms with E-state index in [0.29, 0.717) is 16.1 Å². The standard InChI is InChI=1S/C23H17ClN6O/c24-21-12-10-19(11-13-21)16-27-30-23(28-22(31)20-4-2-1-3-5-20)29-26-15-18-8-6-17(14-25)7-9-18/h1-13,15-16H,(H2,28,29,30,31). The van der Waals surface area contributed by atoms with Gasteiger partial charge in [0.1, 0.15) is 0 Å². The first-order chi connectivity index (χ1) is 15.1. The molecule has 7 nitrogen and oxygen atoms in total. The van der Waals surface area contributed by atoms with Crippen LogP contribution < -0.4 is 10.7 Å². The molecule has 0 fully saturated rings. The number of amides is 1. The van der Waals surface area contributed by atoms with E-state index < -0.39 is 0 Å². The number of halogens is 1. The Balaban J connectivity index is 1.73. The largest absolute Gasteiger partial charge is 0.290 e. The van der Waals surface area contributed by atoms with Crippen LogP contribution in [0.15, 0.2) is 94.2 Å². The molecule has 0 aliphatic rings. The second-order valence-electron chi connectivity index (χ2n) is 6.17. The van der Waals surface area contributed by atoms with Gasteiger partial charge in [-0.15, -0.1) is 5.10 Å². The van der Waals surface area contributed by atoms with E-state index in [2.05, 4.69) is 32.1 Å². The number of hydrazone groups is 1. The van der Waals surface area contributed by atoms with E-state index >= 15 is 0 Å². The van der Waals surface area contributed by atoms with Crippen LogP contribution in [0.2, 0.25) is 5.02 Å². The molecular weight excluding hydrogens is 412 g/mol. The molecule has 3 rings (SSSR count). The van der Waals surface area contributed by atoms with Gasteiger partial charge in [0.2, 0.25) is 5.96 Å². The summed E-state index contributed by atoms with van der Waals surface area (Å²) in [5, 5.41) is 24.2. The van der Waals surface area contributed by atoms with Gasteiger partial charge in [-0.3, -0.25) is 10.1 Å². The van der Waals surface area contributed by atoms with Crippen molar-refractivity contribution in [1.29, 1.82) is 5.26 Å². The molecule has 0 aliphatic carbocycles. The smallest absolute Gasteiger partial charge is 0.258 e. The van der Waals surface area contributed by atoms with Crippen LogP contribution in [0.3, 0.4) is 0 Å². The van der Waals surface area contributed by atoms with Crippen LogP contribution in [0.25, 0.3) is 0 Å². The molecule has 0 radical (unpaired) electrons. The first-order valence-corrected chi connectivity index (χ1v) is 9.54. The highest BCUT2D eigenvalue weighted by atomic mass is 35.5. The van der Waals surface area contributed by atoms with E-state index in [1.54, 1.807) is 72.8 Å². The maximum Gasteiger partial charge on any atom is 0.258 e. The topological polar surface area (TPSA) is 102 Å². The van der Waals surface area contributed by atoms with E-state index in [1.807, 2.05) is 6.07 Å². The van der Waals surface area contributed by atoms with Crippen LogP contribution in [0.4, 0.5) is 0 Å². The van der Waals surface area contributed by atoms with Gasteiger partial charge in [0.05, 0.1) is 24.1 Å². The first kappa shape index (κ1) is 21.4. The van der Waals surface area contributed by atoms with Gasteiger partial charge in [-0.25, -0.2) is 5.43 Å². The lowest BCUT2D eigenvalue weighted by Gasteiger charge is -2.06. The van der Waals surface area contributed by atoms with Gasteiger partial charge in [-0.05, 0) is 47.5 Å². The Morgan fingerprint density at radius 2 is 1.55 bits per heavy atom. The monoisotopic (exact) mass is 428 g/mol. The van der Waals surface area contributed by atoms with Crippen molar-refractivity contribution in [3.05, 3.63) is 106 Å². The average Bonchev–Trinajstić information content (AvgIpc) is 2.81. The molecule has 0 spiro atoms. The Kier molecular flexibility index (Phi) is 7.64. The highest BCUT2D eigenvalue weighted by molar-refractivity contribution is 6.30. The average molecular weight is 429 g/mol. The van der Waals surface area contributed by atoms with Crippen LogP contribution in [0.1, 0.15) is 27.0 Å². The minimum Gasteiger partial charge on any atom is -0.290 e. The predicted octanol–water partition coefficient (Wildman–Crippen LogP) is 3.96. The zero-order chi connectivity index (χ0) is 21.9. The summed E-state index contributed by atoms with van der Waals surface area (Å²) in [6.07, 6.45) is 3.06. The number of nitriles is 1. The Labute approximate surface area is 184 Å². The summed E-state index contributed by atoms with van der Waals surface area (Å²) in [4.78, 5) is 12.4. The molecule has 0 atom stereocenters. The SMILES string of the molecule is N#Cc1ccc(C=NNC(=NN=Cc2ccc(Cl)cc2)NC(=O)c2ccccc2)cc1. The Morgan fingerprint density at radius 1 is 0.903 bits per heavy atom. The van der Waals surface area contributed by atoms with Gasteiger partial charge in [0.15, 0.2) is 0 Å². The number of rotatable bonds is 5. The van der Waals surface area contributed by atoms with Gasteiger partial charge in [-0.2, -0.15) is 15.5 Å². The first-order valence-electron chi connectivity index (χ1n) is 9.16. The molecule has 0 unspecified atom stereocenters. The lowest BCUT2D eigenvalue weighted by molar-refractivity contribution is 0.0975. The number of hydrogen-bond donors (Lipinski definition) is 2. The molecule has 1 amide bonds. The lowest BCUT2D eigenvalue weighted by Crippen LogP contribution is -2.38. The molecule has 3 aromatic carbocycles. The summed E-state index contributed by atoms with van der Waals surface area (Å²) in [7, 11) is 0. The molecule has 8 heteroatoms. The minimum absolute atomic E-state index is 0.0453. The third-order valence-electron chi connectivity index (χ3n) is 3.93. The fraction of sp³-hybridized carbons (Fsp3) is 0. The fourth-order valence-electron chi connectivity index (χ4n) is 2.36. The zero-order valence-electron chi connectivity index (χ0n) is 16.2. The van der Waals surface area contributed by atoms with Gasteiger partial charge < -0.3 is 0 Å². The summed E-state index contributed by atoms with van der Waals surface area (Å²) in [5.74, 6) is -0.314. The number of carbonyl (C=O) groups is 1. The molecule has 0 saturated heterocycles. The summed E-state index contributed by atoms with van der Waals surface area (Å²) in [6.45, 7) is 0. The van der Waals surface area contributed by atoms with Crippen LogP contribution in [0.5, 0.6) is 0 Å². The highest BCUT2D eigenvalue weighted by Gasteiger charge is 2.07. The Hall–Kier alpha value is -4.28. The van der Waals surface area contributed by atoms with Crippen molar-refractivity contribution in [2.24, 2.45) is 15.3 Å². The Bertz CT molecular complexity index is 1150. The van der Waals surface area contributed by atoms with Crippen molar-refractivity contribution in [1.82, 2.24) is 10.7 Å². The fourth-order valence-corrected chi connectivity index (χ4v) is 2.48. The molecule has 0 saturated carbocycles. The molecule has 3 aromatic rings. The predicted molar refractivity (Wildman–Crippen MR) is 122 cm³/mol. The van der Waals surface area contributed by atoms with Crippen molar-refractivity contribution in [3.63, 3.8) is 0 Å². The molecule has 31 heavy (non-hydrogen) atoms. The third-order valence-corrected chi connectivity index (χ3v) is 4.18. The lowest BCUT2D eigenvalue weighted by atomic mass is 10.2. The molecule has 152 valence electrons. The maximum atomic E-state index is 12.4. The van der Waals surface area contributed by atoms with Gasteiger partial charge in [-0.1, -0.05) is 54.1 Å². The number of carbonyl (C=O) groups excluding carboxylic acids is 1. The van der Waals surface area contributed by atoms with Gasteiger partial charge in [0.25, 0.3) is 5.91 Å². The number of nitrogens with zero attached hydrogens (tertiary/aromatic N) is 4. The van der Waals surface area contributed by atoms with E-state index in [0.717, 1.165) is 11.1 Å². The second-order valence-corrected chi connectivity index (χ2v) is 6.61. The molecule has 0 aliphatic heterocycles. The number of guanidine groups is 1. The van der Waals surface area contributed by atoms with Crippen molar-refractivity contribution >= 4 is 35.9 Å². The van der Waals surface area contributed by atoms with Crippen molar-refractivity contribution < 1.29 is 4.79 Å². The molecule has 0 bridgehead atoms. The van der Waals surface area contributed by atoms with Crippen molar-refractivity contribution in [3.8, 4) is 6.07 Å². The minimum atomic E-state index is -0.359. The Morgan fingerprint density at radius 3 is 2.23 bits per heavy atom. The van der Waals surface area contributed by atoms with E-state index in [1.165, 1.54) is 12.4 Å². The van der Waals surface area contributed by atoms with Crippen LogP contribution >= 0.6 is 11.6 Å². The summed E-state index contributed by atoms with van der Waals surface area (Å²) in [5.41, 5.74) is 5.27. The quantitative estimate of drug-likeness (QED) is 0.365. The molecule has 0 heterocycles. The number of benzene rings is 3. The van der Waals surface area contributed by atoms with Crippen LogP contribution in [-0.2, 0) is 0 Å². The van der Waals surface area contributed by atoms with Crippen LogP contribution in [-0.4, -0.2) is 24.3 Å². The van der Waals surface area contributed by atoms with Gasteiger partial charge in [0, 0.05) is 10.6 Å². The third kappa shape index (κ3) is 6.92. The van der Waals surface area contributed by atoms with Crippen molar-refractivity contribution in [2.75, 3.05) is 0 Å². The second kappa shape index (κ2) is 11.0. The summed E-state index contributed by atoms with van der Waals surface area (Å²) >= 11 is 5.88.